The van der Waals surface area contributed by atoms with Gasteiger partial charge in [0.05, 0.1) is 66.9 Å². The quantitative estimate of drug-likeness (QED) is 0.376. The van der Waals surface area contributed by atoms with E-state index in [4.69, 9.17) is 19.2 Å². The van der Waals surface area contributed by atoms with Gasteiger partial charge in [0.25, 0.3) is 5.91 Å². The molecule has 1 aliphatic heterocycles. The SMILES string of the molecule is COc1cccc(-c2cc(C(=O)Nc3cc(OC)ccc3OC)c3c(C)nn(C4CCS(=O)(=O)C4)c3n2)c1. The summed E-state index contributed by atoms with van der Waals surface area (Å²) < 4.78 is 42.3. The van der Waals surface area contributed by atoms with E-state index in [0.717, 1.165) is 5.56 Å². The van der Waals surface area contributed by atoms with Crippen LogP contribution in [0.15, 0.2) is 48.5 Å². The second-order valence-corrected chi connectivity index (χ2v) is 11.3. The second kappa shape index (κ2) is 9.97. The number of amides is 1. The molecule has 1 N–H and O–H groups in total. The maximum Gasteiger partial charge on any atom is 0.256 e. The van der Waals surface area contributed by atoms with Gasteiger partial charge in [-0.3, -0.25) is 4.79 Å². The lowest BCUT2D eigenvalue weighted by atomic mass is 10.0. The number of hydrogen-bond acceptors (Lipinski definition) is 8. The third-order valence-electron chi connectivity index (χ3n) is 6.66. The summed E-state index contributed by atoms with van der Waals surface area (Å²) in [5.41, 5.74) is 3.09. The van der Waals surface area contributed by atoms with Gasteiger partial charge in [-0.2, -0.15) is 5.10 Å². The number of benzene rings is 2. The van der Waals surface area contributed by atoms with E-state index in [1.807, 2.05) is 24.3 Å². The van der Waals surface area contributed by atoms with E-state index in [1.54, 1.807) is 50.1 Å². The molecule has 4 aromatic rings. The number of methoxy groups -OCH3 is 3. The molecule has 0 aliphatic carbocycles. The zero-order valence-electron chi connectivity index (χ0n) is 21.5. The molecule has 1 saturated heterocycles. The number of aryl methyl sites for hydroxylation is 1. The lowest BCUT2D eigenvalue weighted by molar-refractivity contribution is 0.102. The summed E-state index contributed by atoms with van der Waals surface area (Å²) >= 11 is 0. The molecule has 3 heterocycles. The Morgan fingerprint density at radius 1 is 1.03 bits per heavy atom. The fraction of sp³-hybridized carbons (Fsp3) is 0.296. The van der Waals surface area contributed by atoms with Crippen molar-refractivity contribution in [3.05, 3.63) is 59.8 Å². The largest absolute Gasteiger partial charge is 0.497 e. The molecule has 0 spiro atoms. The van der Waals surface area contributed by atoms with E-state index < -0.39 is 15.7 Å². The van der Waals surface area contributed by atoms with Crippen LogP contribution < -0.4 is 19.5 Å². The van der Waals surface area contributed by atoms with Gasteiger partial charge in [0.2, 0.25) is 0 Å². The Labute approximate surface area is 220 Å². The van der Waals surface area contributed by atoms with Gasteiger partial charge in [-0.15, -0.1) is 0 Å². The number of anilines is 1. The minimum Gasteiger partial charge on any atom is -0.497 e. The number of carbonyl (C=O) groups excluding carboxylic acids is 1. The van der Waals surface area contributed by atoms with E-state index in [0.29, 0.717) is 57.3 Å². The van der Waals surface area contributed by atoms with Crippen molar-refractivity contribution in [2.45, 2.75) is 19.4 Å². The van der Waals surface area contributed by atoms with Crippen molar-refractivity contribution < 1.29 is 27.4 Å². The zero-order chi connectivity index (χ0) is 27.0. The minimum absolute atomic E-state index is 0.0170. The normalized spacial score (nSPS) is 16.4. The highest BCUT2D eigenvalue weighted by Gasteiger charge is 2.32. The number of carbonyl (C=O) groups is 1. The lowest BCUT2D eigenvalue weighted by Crippen LogP contribution is -2.15. The molecule has 0 bridgehead atoms. The van der Waals surface area contributed by atoms with Crippen LogP contribution in [0.2, 0.25) is 0 Å². The average molecular weight is 537 g/mol. The van der Waals surface area contributed by atoms with E-state index in [1.165, 1.54) is 7.11 Å². The van der Waals surface area contributed by atoms with Crippen LogP contribution in [-0.2, 0) is 9.84 Å². The van der Waals surface area contributed by atoms with Crippen LogP contribution >= 0.6 is 0 Å². The molecular formula is C27H28N4O6S. The van der Waals surface area contributed by atoms with Crippen LogP contribution in [0.1, 0.15) is 28.5 Å². The highest BCUT2D eigenvalue weighted by molar-refractivity contribution is 7.91. The zero-order valence-corrected chi connectivity index (χ0v) is 22.3. The number of aromatic nitrogens is 3. The lowest BCUT2D eigenvalue weighted by Gasteiger charge is -2.14. The molecule has 38 heavy (non-hydrogen) atoms. The molecule has 1 fully saturated rings. The van der Waals surface area contributed by atoms with E-state index in [2.05, 4.69) is 10.4 Å². The molecule has 5 rings (SSSR count). The number of rotatable bonds is 7. The number of hydrogen-bond donors (Lipinski definition) is 1. The summed E-state index contributed by atoms with van der Waals surface area (Å²) in [6.45, 7) is 1.79. The Kier molecular flexibility index (Phi) is 6.70. The van der Waals surface area contributed by atoms with Gasteiger partial charge in [0, 0.05) is 11.6 Å². The molecule has 0 saturated carbocycles. The fourth-order valence-corrected chi connectivity index (χ4v) is 6.44. The topological polar surface area (TPSA) is 122 Å². The Morgan fingerprint density at radius 2 is 1.79 bits per heavy atom. The first kappa shape index (κ1) is 25.5. The van der Waals surface area contributed by atoms with Crippen molar-refractivity contribution in [3.63, 3.8) is 0 Å². The van der Waals surface area contributed by atoms with Gasteiger partial charge < -0.3 is 19.5 Å². The molecule has 1 aliphatic rings. The molecule has 2 aromatic heterocycles. The average Bonchev–Trinajstić information content (AvgIpc) is 3.46. The molecule has 1 unspecified atom stereocenters. The third kappa shape index (κ3) is 4.76. The smallest absolute Gasteiger partial charge is 0.256 e. The van der Waals surface area contributed by atoms with Crippen LogP contribution in [0.5, 0.6) is 17.2 Å². The summed E-state index contributed by atoms with van der Waals surface area (Å²) in [5.74, 6) is 1.36. The fourth-order valence-electron chi connectivity index (χ4n) is 4.75. The minimum atomic E-state index is -3.17. The number of nitrogens with zero attached hydrogens (tertiary/aromatic N) is 3. The van der Waals surface area contributed by atoms with Crippen molar-refractivity contribution >= 4 is 32.5 Å². The number of ether oxygens (including phenoxy) is 3. The number of pyridine rings is 1. The Bertz CT molecular complexity index is 1650. The monoisotopic (exact) mass is 536 g/mol. The standard InChI is InChI=1S/C27H28N4O6S/c1-16-25-21(27(32)29-23-13-20(36-3)8-9-24(23)37-4)14-22(17-6-5-7-19(12-17)35-2)28-26(25)31(30-16)18-10-11-38(33,34)15-18/h5-9,12-14,18H,10-11,15H2,1-4H3,(H,29,32). The highest BCUT2D eigenvalue weighted by atomic mass is 32.2. The van der Waals surface area contributed by atoms with Gasteiger partial charge >= 0.3 is 0 Å². The van der Waals surface area contributed by atoms with E-state index >= 15 is 0 Å². The first-order valence-electron chi connectivity index (χ1n) is 12.0. The van der Waals surface area contributed by atoms with Crippen molar-refractivity contribution in [3.8, 4) is 28.5 Å². The van der Waals surface area contributed by atoms with Gasteiger partial charge in [0.1, 0.15) is 17.2 Å². The van der Waals surface area contributed by atoms with Crippen LogP contribution in [0.3, 0.4) is 0 Å². The summed E-state index contributed by atoms with van der Waals surface area (Å²) in [6.07, 6.45) is 0.437. The molecule has 198 valence electrons. The van der Waals surface area contributed by atoms with Crippen molar-refractivity contribution in [2.24, 2.45) is 0 Å². The van der Waals surface area contributed by atoms with E-state index in [9.17, 15) is 13.2 Å². The number of sulfone groups is 1. The Hall–Kier alpha value is -4.12. The van der Waals surface area contributed by atoms with Crippen molar-refractivity contribution in [1.29, 1.82) is 0 Å². The predicted octanol–water partition coefficient (Wildman–Crippen LogP) is 4.04. The number of nitrogens with one attached hydrogen (secondary N) is 1. The van der Waals surface area contributed by atoms with Crippen LogP contribution in [-0.4, -0.2) is 61.9 Å². The van der Waals surface area contributed by atoms with Gasteiger partial charge in [-0.05, 0) is 43.7 Å². The summed E-state index contributed by atoms with van der Waals surface area (Å²) in [7, 11) is 1.48. The Morgan fingerprint density at radius 3 is 2.47 bits per heavy atom. The van der Waals surface area contributed by atoms with Crippen LogP contribution in [0, 0.1) is 6.92 Å². The van der Waals surface area contributed by atoms with Gasteiger partial charge in [0.15, 0.2) is 15.5 Å². The first-order chi connectivity index (χ1) is 18.2. The third-order valence-corrected chi connectivity index (χ3v) is 8.41. The second-order valence-electron chi connectivity index (χ2n) is 9.09. The molecule has 11 heteroatoms. The van der Waals surface area contributed by atoms with Crippen LogP contribution in [0.4, 0.5) is 5.69 Å². The maximum atomic E-state index is 13.8. The van der Waals surface area contributed by atoms with Gasteiger partial charge in [-0.1, -0.05) is 12.1 Å². The Balaban J connectivity index is 1.68. The maximum absolute atomic E-state index is 13.8. The molecule has 1 amide bonds. The van der Waals surface area contributed by atoms with E-state index in [-0.39, 0.29) is 17.5 Å². The predicted molar refractivity (Wildman–Crippen MR) is 144 cm³/mol. The summed E-state index contributed by atoms with van der Waals surface area (Å²) in [6, 6.07) is 13.8. The summed E-state index contributed by atoms with van der Waals surface area (Å²) in [5, 5.41) is 8.15. The first-order valence-corrected chi connectivity index (χ1v) is 13.8. The molecule has 10 nitrogen and oxygen atoms in total. The molecular weight excluding hydrogens is 508 g/mol. The molecule has 1 atom stereocenters. The van der Waals surface area contributed by atoms with Crippen molar-refractivity contribution in [2.75, 3.05) is 38.2 Å². The highest BCUT2D eigenvalue weighted by Crippen LogP contribution is 2.34. The van der Waals surface area contributed by atoms with Crippen molar-refractivity contribution in [1.82, 2.24) is 14.8 Å². The van der Waals surface area contributed by atoms with Crippen LogP contribution in [0.25, 0.3) is 22.3 Å². The van der Waals surface area contributed by atoms with Gasteiger partial charge in [-0.25, -0.2) is 18.1 Å². The summed E-state index contributed by atoms with van der Waals surface area (Å²) in [4.78, 5) is 18.7. The number of fused-ring (bicyclic) bond motifs is 1. The molecule has 0 radical (unpaired) electrons. The molecule has 2 aromatic carbocycles.